The average molecular weight is 307 g/mol. The number of hydrogen-bond donors (Lipinski definition) is 0. The van der Waals surface area contributed by atoms with Gasteiger partial charge in [-0.25, -0.2) is 0 Å². The fourth-order valence-corrected chi connectivity index (χ4v) is 1.35. The van der Waals surface area contributed by atoms with E-state index in [1.165, 1.54) is 12.3 Å². The summed E-state index contributed by atoms with van der Waals surface area (Å²) >= 11 is 3.11. The highest BCUT2D eigenvalue weighted by molar-refractivity contribution is 9.10. The van der Waals surface area contributed by atoms with E-state index in [-0.39, 0.29) is 5.69 Å². The van der Waals surface area contributed by atoms with E-state index >= 15 is 0 Å². The Hall–Kier alpha value is -1.42. The Morgan fingerprint density at radius 3 is 2.59 bits per heavy atom. The molecule has 0 spiro atoms. The second-order valence-electron chi connectivity index (χ2n) is 3.21. The summed E-state index contributed by atoms with van der Waals surface area (Å²) in [5.41, 5.74) is 0.147. The minimum absolute atomic E-state index is 0.147. The fourth-order valence-electron chi connectivity index (χ4n) is 1.11. The van der Waals surface area contributed by atoms with Gasteiger partial charge in [-0.2, -0.15) is 18.4 Å². The van der Waals surface area contributed by atoms with Crippen molar-refractivity contribution in [3.05, 3.63) is 28.5 Å². The van der Waals surface area contributed by atoms with Crippen LogP contribution in [0.3, 0.4) is 0 Å². The number of pyridine rings is 1. The summed E-state index contributed by atoms with van der Waals surface area (Å²) in [5, 5.41) is 8.74. The van der Waals surface area contributed by atoms with Crippen molar-refractivity contribution in [2.24, 2.45) is 0 Å². The molecule has 0 amide bonds. The fraction of sp³-hybridized carbons (Fsp3) is 0.300. The summed E-state index contributed by atoms with van der Waals surface area (Å²) in [6.45, 7) is 0. The zero-order valence-electron chi connectivity index (χ0n) is 8.33. The van der Waals surface area contributed by atoms with Crippen molar-refractivity contribution in [3.8, 4) is 6.07 Å². The maximum absolute atomic E-state index is 12.0. The smallest absolute Gasteiger partial charge is 0.290 e. The van der Waals surface area contributed by atoms with Gasteiger partial charge in [0.1, 0.15) is 0 Å². The van der Waals surface area contributed by atoms with Crippen molar-refractivity contribution in [1.29, 1.82) is 5.26 Å². The first-order valence-electron chi connectivity index (χ1n) is 4.45. The van der Waals surface area contributed by atoms with Crippen LogP contribution in [0, 0.1) is 11.3 Å². The van der Waals surface area contributed by atoms with Crippen molar-refractivity contribution < 1.29 is 18.0 Å². The van der Waals surface area contributed by atoms with E-state index in [0.29, 0.717) is 4.47 Å². The van der Waals surface area contributed by atoms with Gasteiger partial charge in [0.15, 0.2) is 0 Å². The molecule has 3 nitrogen and oxygen atoms in total. The maximum Gasteiger partial charge on any atom is 0.450 e. The van der Waals surface area contributed by atoms with Crippen LogP contribution < -0.4 is 0 Å². The van der Waals surface area contributed by atoms with Crippen molar-refractivity contribution in [3.63, 3.8) is 0 Å². The number of rotatable bonds is 3. The first-order valence-corrected chi connectivity index (χ1v) is 5.25. The number of carbonyl (C=O) groups excluding carboxylic acids is 1. The lowest BCUT2D eigenvalue weighted by Gasteiger charge is -2.09. The molecule has 1 rings (SSSR count). The quantitative estimate of drug-likeness (QED) is 0.862. The van der Waals surface area contributed by atoms with E-state index in [4.69, 9.17) is 5.26 Å². The average Bonchev–Trinajstić information content (AvgIpc) is 2.25. The largest absolute Gasteiger partial charge is 0.450 e. The van der Waals surface area contributed by atoms with Gasteiger partial charge in [-0.3, -0.25) is 9.78 Å². The van der Waals surface area contributed by atoms with Gasteiger partial charge in [-0.15, -0.1) is 0 Å². The third-order valence-electron chi connectivity index (χ3n) is 1.97. The molecule has 0 radical (unpaired) electrons. The van der Waals surface area contributed by atoms with Crippen LogP contribution in [0.1, 0.15) is 18.0 Å². The molecule has 1 aromatic heterocycles. The van der Waals surface area contributed by atoms with Gasteiger partial charge in [0.25, 0.3) is 0 Å². The van der Waals surface area contributed by atoms with Crippen LogP contribution >= 0.6 is 15.9 Å². The summed E-state index contributed by atoms with van der Waals surface area (Å²) in [7, 11) is 0. The van der Waals surface area contributed by atoms with Gasteiger partial charge in [0, 0.05) is 17.1 Å². The van der Waals surface area contributed by atoms with E-state index in [1.807, 2.05) is 0 Å². The molecule has 0 fully saturated rings. The summed E-state index contributed by atoms with van der Waals surface area (Å²) < 4.78 is 36.8. The highest BCUT2D eigenvalue weighted by Gasteiger charge is 2.39. The normalized spacial score (nSPS) is 12.9. The third-order valence-corrected chi connectivity index (χ3v) is 2.44. The van der Waals surface area contributed by atoms with Crippen molar-refractivity contribution in [2.45, 2.75) is 18.5 Å². The highest BCUT2D eigenvalue weighted by atomic mass is 79.9. The Morgan fingerprint density at radius 1 is 1.53 bits per heavy atom. The first-order chi connectivity index (χ1) is 7.84. The molecule has 1 unspecified atom stereocenters. The number of Topliss-reactive ketones (excluding diaryl/α,β-unsaturated/α-hetero) is 1. The number of alkyl halides is 3. The molecule has 0 saturated heterocycles. The lowest BCUT2D eigenvalue weighted by Crippen LogP contribution is -2.24. The van der Waals surface area contributed by atoms with Gasteiger partial charge >= 0.3 is 6.18 Å². The molecule has 0 aromatic carbocycles. The molecule has 90 valence electrons. The van der Waals surface area contributed by atoms with Crippen LogP contribution in [-0.4, -0.2) is 16.9 Å². The van der Waals surface area contributed by atoms with E-state index in [9.17, 15) is 18.0 Å². The summed E-state index contributed by atoms with van der Waals surface area (Å²) in [6, 6.07) is 4.59. The molecular formula is C10H6BrF3N2O. The Bertz CT molecular complexity index is 450. The second kappa shape index (κ2) is 5.27. The minimum Gasteiger partial charge on any atom is -0.290 e. The lowest BCUT2D eigenvalue weighted by molar-refractivity contribution is -0.171. The number of aromatic nitrogens is 1. The standard InChI is InChI=1S/C10H6BrF3N2O/c11-7-1-2-8(16-5-7)6(4-15)3-9(17)10(12,13)14/h1-2,5-6H,3H2. The Balaban J connectivity index is 2.84. The monoisotopic (exact) mass is 306 g/mol. The van der Waals surface area contributed by atoms with Gasteiger partial charge in [0.05, 0.1) is 17.7 Å². The van der Waals surface area contributed by atoms with E-state index in [1.54, 1.807) is 12.1 Å². The molecule has 0 saturated carbocycles. The summed E-state index contributed by atoms with van der Waals surface area (Å²) in [4.78, 5) is 14.6. The zero-order valence-corrected chi connectivity index (χ0v) is 9.92. The summed E-state index contributed by atoms with van der Waals surface area (Å²) in [5.74, 6) is -3.11. The number of halogens is 4. The van der Waals surface area contributed by atoms with Crippen LogP contribution in [0.4, 0.5) is 13.2 Å². The molecule has 0 aliphatic rings. The molecule has 17 heavy (non-hydrogen) atoms. The van der Waals surface area contributed by atoms with E-state index < -0.39 is 24.3 Å². The molecule has 1 aromatic rings. The van der Waals surface area contributed by atoms with Crippen molar-refractivity contribution >= 4 is 21.7 Å². The van der Waals surface area contributed by atoms with Crippen LogP contribution in [0.5, 0.6) is 0 Å². The van der Waals surface area contributed by atoms with Gasteiger partial charge < -0.3 is 0 Å². The second-order valence-corrected chi connectivity index (χ2v) is 4.12. The molecule has 0 N–H and O–H groups in total. The molecule has 1 atom stereocenters. The summed E-state index contributed by atoms with van der Waals surface area (Å²) in [6.07, 6.45) is -4.46. The zero-order chi connectivity index (χ0) is 13.1. The van der Waals surface area contributed by atoms with Crippen LogP contribution in [-0.2, 0) is 4.79 Å². The maximum atomic E-state index is 12.0. The molecule has 1 heterocycles. The first kappa shape index (κ1) is 13.6. The molecule has 7 heteroatoms. The van der Waals surface area contributed by atoms with E-state index in [0.717, 1.165) is 0 Å². The number of carbonyl (C=O) groups is 1. The van der Waals surface area contributed by atoms with E-state index in [2.05, 4.69) is 20.9 Å². The number of nitriles is 1. The Labute approximate surface area is 103 Å². The molecule has 0 aliphatic heterocycles. The molecule has 0 bridgehead atoms. The Kier molecular flexibility index (Phi) is 4.23. The predicted octanol–water partition coefficient (Wildman–Crippen LogP) is 2.97. The van der Waals surface area contributed by atoms with Crippen molar-refractivity contribution in [2.75, 3.05) is 0 Å². The lowest BCUT2D eigenvalue weighted by atomic mass is 9.99. The van der Waals surface area contributed by atoms with Gasteiger partial charge in [-0.1, -0.05) is 0 Å². The van der Waals surface area contributed by atoms with Crippen molar-refractivity contribution in [1.82, 2.24) is 4.98 Å². The van der Waals surface area contributed by atoms with Crippen LogP contribution in [0.25, 0.3) is 0 Å². The molecule has 0 aliphatic carbocycles. The number of hydrogen-bond acceptors (Lipinski definition) is 3. The van der Waals surface area contributed by atoms with Crippen LogP contribution in [0.2, 0.25) is 0 Å². The third kappa shape index (κ3) is 3.82. The highest BCUT2D eigenvalue weighted by Crippen LogP contribution is 2.25. The van der Waals surface area contributed by atoms with Gasteiger partial charge in [0.2, 0.25) is 5.78 Å². The van der Waals surface area contributed by atoms with Gasteiger partial charge in [-0.05, 0) is 28.1 Å². The number of ketones is 1. The predicted molar refractivity (Wildman–Crippen MR) is 56.0 cm³/mol. The topological polar surface area (TPSA) is 53.8 Å². The SMILES string of the molecule is N#CC(CC(=O)C(F)(F)F)c1ccc(Br)cn1. The number of nitrogens with zero attached hydrogens (tertiary/aromatic N) is 2. The minimum atomic E-state index is -4.91. The molecular weight excluding hydrogens is 301 g/mol. The van der Waals surface area contributed by atoms with Crippen LogP contribution in [0.15, 0.2) is 22.8 Å². The Morgan fingerprint density at radius 2 is 2.18 bits per heavy atom.